The predicted molar refractivity (Wildman–Crippen MR) is 109 cm³/mol. The first-order valence-corrected chi connectivity index (χ1v) is 10.1. The number of amides is 2. The number of aromatic nitrogens is 1. The minimum absolute atomic E-state index is 0.0220. The molecule has 0 saturated carbocycles. The fourth-order valence-corrected chi connectivity index (χ4v) is 3.90. The first kappa shape index (κ1) is 19.5. The molecule has 146 valence electrons. The minimum atomic E-state index is -0.109. The summed E-state index contributed by atoms with van der Waals surface area (Å²) in [5.74, 6) is -0.00334. The Bertz CT molecular complexity index is 839. The quantitative estimate of drug-likeness (QED) is 0.784. The minimum Gasteiger partial charge on any atom is -0.358 e. The van der Waals surface area contributed by atoms with E-state index in [1.54, 1.807) is 0 Å². The average Bonchev–Trinajstić information content (AvgIpc) is 2.95. The summed E-state index contributed by atoms with van der Waals surface area (Å²) in [5, 5.41) is 4.12. The highest BCUT2D eigenvalue weighted by Crippen LogP contribution is 2.27. The SMILES string of the molecule is CCCCNC(=O)C1CCC(C)N(C(=O)c2ccc3[nH]c(C)c(C)c3c2)C1. The number of unbranched alkanes of at least 4 members (excludes halogenated alkanes) is 1. The van der Waals surface area contributed by atoms with Crippen molar-refractivity contribution in [2.45, 2.75) is 59.4 Å². The summed E-state index contributed by atoms with van der Waals surface area (Å²) in [6.45, 7) is 9.53. The molecule has 0 bridgehead atoms. The third kappa shape index (κ3) is 4.02. The van der Waals surface area contributed by atoms with Crippen molar-refractivity contribution in [1.82, 2.24) is 15.2 Å². The molecule has 1 aromatic carbocycles. The van der Waals surface area contributed by atoms with Gasteiger partial charge in [-0.05, 0) is 63.8 Å². The van der Waals surface area contributed by atoms with Gasteiger partial charge in [-0.2, -0.15) is 0 Å². The van der Waals surface area contributed by atoms with Crippen LogP contribution in [0.4, 0.5) is 0 Å². The maximum Gasteiger partial charge on any atom is 0.254 e. The largest absolute Gasteiger partial charge is 0.358 e. The van der Waals surface area contributed by atoms with Gasteiger partial charge in [0.25, 0.3) is 5.91 Å². The number of aromatic amines is 1. The monoisotopic (exact) mass is 369 g/mol. The number of carbonyl (C=O) groups excluding carboxylic acids is 2. The van der Waals surface area contributed by atoms with Gasteiger partial charge >= 0.3 is 0 Å². The van der Waals surface area contributed by atoms with Gasteiger partial charge in [0.15, 0.2) is 0 Å². The molecule has 0 spiro atoms. The zero-order valence-corrected chi connectivity index (χ0v) is 16.9. The van der Waals surface area contributed by atoms with E-state index in [1.165, 1.54) is 5.56 Å². The van der Waals surface area contributed by atoms with E-state index in [0.717, 1.165) is 48.8 Å². The summed E-state index contributed by atoms with van der Waals surface area (Å²) in [6.07, 6.45) is 3.76. The maximum atomic E-state index is 13.2. The number of rotatable bonds is 5. The number of benzene rings is 1. The van der Waals surface area contributed by atoms with Gasteiger partial charge in [0.05, 0.1) is 5.92 Å². The Morgan fingerprint density at radius 3 is 2.78 bits per heavy atom. The van der Waals surface area contributed by atoms with E-state index in [4.69, 9.17) is 0 Å². The number of aryl methyl sites for hydroxylation is 2. The molecule has 2 heterocycles. The highest BCUT2D eigenvalue weighted by atomic mass is 16.2. The number of carbonyl (C=O) groups is 2. The van der Waals surface area contributed by atoms with Crippen LogP contribution in [0.15, 0.2) is 18.2 Å². The highest BCUT2D eigenvalue weighted by Gasteiger charge is 2.33. The molecule has 5 nitrogen and oxygen atoms in total. The van der Waals surface area contributed by atoms with Crippen LogP contribution in [-0.4, -0.2) is 40.8 Å². The van der Waals surface area contributed by atoms with Gasteiger partial charge in [-0.1, -0.05) is 13.3 Å². The molecular weight excluding hydrogens is 338 g/mol. The number of fused-ring (bicyclic) bond motifs is 1. The van der Waals surface area contributed by atoms with Crippen LogP contribution in [0.5, 0.6) is 0 Å². The Morgan fingerprint density at radius 2 is 2.04 bits per heavy atom. The van der Waals surface area contributed by atoms with Crippen molar-refractivity contribution in [2.75, 3.05) is 13.1 Å². The number of hydrogen-bond acceptors (Lipinski definition) is 2. The molecule has 0 radical (unpaired) electrons. The second-order valence-electron chi connectivity index (χ2n) is 7.86. The fraction of sp³-hybridized carbons (Fsp3) is 0.545. The van der Waals surface area contributed by atoms with Crippen molar-refractivity contribution >= 4 is 22.7 Å². The summed E-state index contributed by atoms with van der Waals surface area (Å²) in [4.78, 5) is 30.9. The molecule has 27 heavy (non-hydrogen) atoms. The number of H-pyrrole nitrogens is 1. The zero-order chi connectivity index (χ0) is 19.6. The second kappa shape index (κ2) is 8.15. The Labute approximate surface area is 161 Å². The molecule has 3 rings (SSSR count). The van der Waals surface area contributed by atoms with E-state index in [2.05, 4.69) is 31.1 Å². The molecule has 1 aliphatic rings. The average molecular weight is 370 g/mol. The Hall–Kier alpha value is -2.30. The zero-order valence-electron chi connectivity index (χ0n) is 16.9. The lowest BCUT2D eigenvalue weighted by molar-refractivity contribution is -0.126. The first-order chi connectivity index (χ1) is 12.9. The molecule has 2 atom stereocenters. The second-order valence-corrected chi connectivity index (χ2v) is 7.86. The van der Waals surface area contributed by atoms with Gasteiger partial charge in [0, 0.05) is 41.3 Å². The fourth-order valence-electron chi connectivity index (χ4n) is 3.90. The van der Waals surface area contributed by atoms with Gasteiger partial charge < -0.3 is 15.2 Å². The van der Waals surface area contributed by atoms with Gasteiger partial charge in [0.1, 0.15) is 0 Å². The molecule has 2 aromatic rings. The Morgan fingerprint density at radius 1 is 1.26 bits per heavy atom. The van der Waals surface area contributed by atoms with Gasteiger partial charge in [-0.25, -0.2) is 0 Å². The highest BCUT2D eigenvalue weighted by molar-refractivity contribution is 5.99. The predicted octanol–water partition coefficient (Wildman–Crippen LogP) is 3.94. The van der Waals surface area contributed by atoms with Crippen LogP contribution in [-0.2, 0) is 4.79 Å². The molecule has 5 heteroatoms. The van der Waals surface area contributed by atoms with Crippen LogP contribution in [0.25, 0.3) is 10.9 Å². The third-order valence-electron chi connectivity index (χ3n) is 5.90. The summed E-state index contributed by atoms with van der Waals surface area (Å²) in [6, 6.07) is 6.00. The van der Waals surface area contributed by atoms with E-state index >= 15 is 0 Å². The Kier molecular flexibility index (Phi) is 5.88. The van der Waals surface area contributed by atoms with Crippen molar-refractivity contribution in [3.8, 4) is 0 Å². The van der Waals surface area contributed by atoms with E-state index in [9.17, 15) is 9.59 Å². The third-order valence-corrected chi connectivity index (χ3v) is 5.90. The molecule has 1 fully saturated rings. The van der Waals surface area contributed by atoms with Crippen LogP contribution in [0.1, 0.15) is 61.1 Å². The number of hydrogen-bond donors (Lipinski definition) is 2. The number of likely N-dealkylation sites (tertiary alicyclic amines) is 1. The first-order valence-electron chi connectivity index (χ1n) is 10.1. The molecule has 2 unspecified atom stereocenters. The molecule has 2 amide bonds. The maximum absolute atomic E-state index is 13.2. The van der Waals surface area contributed by atoms with Crippen LogP contribution in [0.2, 0.25) is 0 Å². The number of nitrogens with one attached hydrogen (secondary N) is 2. The summed E-state index contributed by atoms with van der Waals surface area (Å²) in [7, 11) is 0. The standard InChI is InChI=1S/C22H31N3O2/c1-5-6-11-23-21(26)18-8-7-14(2)25(13-18)22(27)17-9-10-20-19(12-17)15(3)16(4)24-20/h9-10,12,14,18,24H,5-8,11,13H2,1-4H3,(H,23,26). The molecule has 1 saturated heterocycles. The van der Waals surface area contributed by atoms with E-state index < -0.39 is 0 Å². The summed E-state index contributed by atoms with van der Waals surface area (Å²) in [5.41, 5.74) is 4.06. The molecule has 0 aliphatic carbocycles. The van der Waals surface area contributed by atoms with Crippen LogP contribution >= 0.6 is 0 Å². The van der Waals surface area contributed by atoms with Gasteiger partial charge in [0.2, 0.25) is 5.91 Å². The summed E-state index contributed by atoms with van der Waals surface area (Å²) < 4.78 is 0. The van der Waals surface area contributed by atoms with Gasteiger partial charge in [-0.15, -0.1) is 0 Å². The van der Waals surface area contributed by atoms with E-state index in [0.29, 0.717) is 12.1 Å². The normalized spacial score (nSPS) is 20.1. The lowest BCUT2D eigenvalue weighted by Gasteiger charge is -2.37. The lowest BCUT2D eigenvalue weighted by Crippen LogP contribution is -2.49. The molecule has 2 N–H and O–H groups in total. The molecule has 1 aliphatic heterocycles. The smallest absolute Gasteiger partial charge is 0.254 e. The van der Waals surface area contributed by atoms with Crippen molar-refractivity contribution in [2.24, 2.45) is 5.92 Å². The number of nitrogens with zero attached hydrogens (tertiary/aromatic N) is 1. The molecule has 1 aromatic heterocycles. The van der Waals surface area contributed by atoms with E-state index in [1.807, 2.05) is 30.0 Å². The Balaban J connectivity index is 1.76. The van der Waals surface area contributed by atoms with Crippen molar-refractivity contribution < 1.29 is 9.59 Å². The summed E-state index contributed by atoms with van der Waals surface area (Å²) >= 11 is 0. The van der Waals surface area contributed by atoms with Crippen molar-refractivity contribution in [3.05, 3.63) is 35.0 Å². The molecular formula is C22H31N3O2. The lowest BCUT2D eigenvalue weighted by atomic mass is 9.92. The topological polar surface area (TPSA) is 65.2 Å². The van der Waals surface area contributed by atoms with Crippen LogP contribution < -0.4 is 5.32 Å². The van der Waals surface area contributed by atoms with Crippen LogP contribution in [0.3, 0.4) is 0 Å². The number of piperidine rings is 1. The van der Waals surface area contributed by atoms with Crippen molar-refractivity contribution in [3.63, 3.8) is 0 Å². The van der Waals surface area contributed by atoms with Crippen molar-refractivity contribution in [1.29, 1.82) is 0 Å². The van der Waals surface area contributed by atoms with Gasteiger partial charge in [-0.3, -0.25) is 9.59 Å². The van der Waals surface area contributed by atoms with E-state index in [-0.39, 0.29) is 23.8 Å². The van der Waals surface area contributed by atoms with Crippen LogP contribution in [0, 0.1) is 19.8 Å².